The van der Waals surface area contributed by atoms with Crippen LogP contribution in [-0.4, -0.2) is 13.4 Å². The summed E-state index contributed by atoms with van der Waals surface area (Å²) in [5, 5.41) is 8.29. The summed E-state index contributed by atoms with van der Waals surface area (Å²) in [4.78, 5) is 9.17. The number of aryl methyl sites for hydroxylation is 2. The predicted octanol–water partition coefficient (Wildman–Crippen LogP) is 10.2. The average molecular weight is 550 g/mol. The molecule has 0 saturated heterocycles. The number of rotatable bonds is 13. The van der Waals surface area contributed by atoms with Crippen molar-refractivity contribution in [3.8, 4) is 22.9 Å². The Balaban J connectivity index is 0.000000415. The van der Waals surface area contributed by atoms with E-state index in [0.717, 1.165) is 18.4 Å². The summed E-state index contributed by atoms with van der Waals surface area (Å²) < 4.78 is 30.1. The number of hydrogen-bond donors (Lipinski definition) is 0. The van der Waals surface area contributed by atoms with Crippen molar-refractivity contribution in [1.82, 2.24) is 0 Å². The van der Waals surface area contributed by atoms with Crippen LogP contribution < -0.4 is 4.74 Å². The van der Waals surface area contributed by atoms with Crippen molar-refractivity contribution in [1.29, 1.82) is 5.26 Å². The fourth-order valence-electron chi connectivity index (χ4n) is 4.02. The molecule has 0 saturated carbocycles. The molecule has 0 spiro atoms. The van der Waals surface area contributed by atoms with Gasteiger partial charge in [0.1, 0.15) is 35.3 Å². The van der Waals surface area contributed by atoms with Crippen molar-refractivity contribution in [2.45, 2.75) is 91.4 Å². The topological polar surface area (TPSA) is 50.1 Å². The average Bonchev–Trinajstić information content (AvgIpc) is 2.97. The normalized spacial score (nSPS) is 9.93. The fraction of sp³-hybridized carbons (Fsp3) is 0.429. The number of carbonyl (C=O) groups excluding carboxylic acids is 1. The Morgan fingerprint density at radius 2 is 1.23 bits per heavy atom. The Hall–Kier alpha value is -3.52. The molecular weight excluding hydrogens is 504 g/mol. The Labute approximate surface area is 240 Å². The van der Waals surface area contributed by atoms with Gasteiger partial charge in [0.2, 0.25) is 0 Å². The van der Waals surface area contributed by atoms with E-state index in [0.29, 0.717) is 6.42 Å². The van der Waals surface area contributed by atoms with E-state index < -0.39 is 17.2 Å². The van der Waals surface area contributed by atoms with E-state index in [1.807, 2.05) is 6.92 Å². The highest BCUT2D eigenvalue weighted by atomic mass is 19.1. The molecule has 0 N–H and O–H groups in total. The van der Waals surface area contributed by atoms with E-state index in [2.05, 4.69) is 67.1 Å². The Kier molecular flexibility index (Phi) is 18.4. The lowest BCUT2D eigenvalue weighted by Gasteiger charge is -2.06. The molecule has 0 unspecified atom stereocenters. The molecule has 3 aromatic carbocycles. The first-order valence-corrected chi connectivity index (χ1v) is 14.4. The Morgan fingerprint density at radius 1 is 0.775 bits per heavy atom. The van der Waals surface area contributed by atoms with Crippen LogP contribution in [-0.2, 0) is 11.2 Å². The monoisotopic (exact) mass is 549 g/mol. The number of nitrogens with zero attached hydrogens (tertiary/aromatic N) is 1. The third-order valence-electron chi connectivity index (χ3n) is 6.44. The molecule has 0 heterocycles. The van der Waals surface area contributed by atoms with Crippen LogP contribution in [0.4, 0.5) is 8.78 Å². The SMILES string of the molecule is CCC=O.CCCCCCCCCCCc1ccc(-c2ccc(C)cc2)cc1.COc1cc(F)c(C#N)c(F)c1. The van der Waals surface area contributed by atoms with Crippen LogP contribution in [0.5, 0.6) is 5.75 Å². The van der Waals surface area contributed by atoms with Crippen LogP contribution in [0.1, 0.15) is 94.7 Å². The van der Waals surface area contributed by atoms with E-state index in [1.54, 1.807) is 0 Å². The quantitative estimate of drug-likeness (QED) is 0.157. The second-order valence-electron chi connectivity index (χ2n) is 9.79. The fourth-order valence-corrected chi connectivity index (χ4v) is 4.02. The molecule has 0 radical (unpaired) electrons. The molecule has 216 valence electrons. The first-order valence-electron chi connectivity index (χ1n) is 14.4. The van der Waals surface area contributed by atoms with Crippen LogP contribution in [0.3, 0.4) is 0 Å². The van der Waals surface area contributed by atoms with Gasteiger partial charge in [-0.1, -0.05) is 119 Å². The first kappa shape index (κ1) is 34.5. The largest absolute Gasteiger partial charge is 0.497 e. The van der Waals surface area contributed by atoms with E-state index in [9.17, 15) is 13.6 Å². The standard InChI is InChI=1S/C24H34.C8H5F2NO.C3H6O/c1-3-4-5-6-7-8-9-10-11-12-22-15-19-24(20-16-22)23-17-13-21(2)14-18-23;1-12-5-2-7(9)6(4-11)8(10)3-5;1-2-3-4/h13-20H,3-12H2,1-2H3;2-3H,1H3;3H,2H2,1H3. The molecule has 0 fully saturated rings. The van der Waals surface area contributed by atoms with E-state index in [1.165, 1.54) is 99.6 Å². The molecule has 0 bridgehead atoms. The highest BCUT2D eigenvalue weighted by Gasteiger charge is 2.10. The van der Waals surface area contributed by atoms with E-state index in [-0.39, 0.29) is 5.75 Å². The number of hydrogen-bond acceptors (Lipinski definition) is 3. The molecule has 0 aliphatic rings. The van der Waals surface area contributed by atoms with Gasteiger partial charge in [-0.15, -0.1) is 0 Å². The number of benzene rings is 3. The number of ether oxygens (including phenoxy) is 1. The van der Waals surface area contributed by atoms with Crippen molar-refractivity contribution in [3.63, 3.8) is 0 Å². The van der Waals surface area contributed by atoms with Crippen LogP contribution in [0.25, 0.3) is 11.1 Å². The first-order chi connectivity index (χ1) is 19.4. The lowest BCUT2D eigenvalue weighted by atomic mass is 10.00. The molecule has 0 atom stereocenters. The Bertz CT molecular complexity index is 1110. The summed E-state index contributed by atoms with van der Waals surface area (Å²) in [6.45, 7) is 6.23. The van der Waals surface area contributed by atoms with Gasteiger partial charge in [-0.25, -0.2) is 8.78 Å². The van der Waals surface area contributed by atoms with Gasteiger partial charge in [0.25, 0.3) is 0 Å². The zero-order chi connectivity index (χ0) is 29.6. The van der Waals surface area contributed by atoms with Gasteiger partial charge in [-0.05, 0) is 36.5 Å². The predicted molar refractivity (Wildman–Crippen MR) is 162 cm³/mol. The van der Waals surface area contributed by atoms with Gasteiger partial charge in [-0.3, -0.25) is 0 Å². The number of aldehydes is 1. The second-order valence-corrected chi connectivity index (χ2v) is 9.79. The zero-order valence-electron chi connectivity index (χ0n) is 24.6. The van der Waals surface area contributed by atoms with E-state index in [4.69, 9.17) is 5.26 Å². The summed E-state index contributed by atoms with van der Waals surface area (Å²) in [7, 11) is 1.29. The second kappa shape index (κ2) is 21.3. The number of unbranched alkanes of at least 4 members (excludes halogenated alkanes) is 8. The molecule has 0 aliphatic heterocycles. The molecule has 5 heteroatoms. The van der Waals surface area contributed by atoms with Crippen molar-refractivity contribution in [2.75, 3.05) is 7.11 Å². The molecule has 40 heavy (non-hydrogen) atoms. The van der Waals surface area contributed by atoms with Gasteiger partial charge in [0.15, 0.2) is 0 Å². The summed E-state index contributed by atoms with van der Waals surface area (Å²) >= 11 is 0. The number of halogens is 2. The van der Waals surface area contributed by atoms with Crippen LogP contribution >= 0.6 is 0 Å². The maximum atomic E-state index is 12.8. The molecule has 0 aliphatic carbocycles. The third kappa shape index (κ3) is 14.0. The molecular formula is C35H45F2NO2. The van der Waals surface area contributed by atoms with Crippen LogP contribution in [0.15, 0.2) is 60.7 Å². The molecule has 0 amide bonds. The van der Waals surface area contributed by atoms with Gasteiger partial charge in [0, 0.05) is 18.6 Å². The lowest BCUT2D eigenvalue weighted by molar-refractivity contribution is -0.107. The minimum atomic E-state index is -0.908. The Morgan fingerprint density at radius 3 is 1.65 bits per heavy atom. The van der Waals surface area contributed by atoms with Gasteiger partial charge < -0.3 is 9.53 Å². The van der Waals surface area contributed by atoms with Crippen LogP contribution in [0.2, 0.25) is 0 Å². The zero-order valence-corrected chi connectivity index (χ0v) is 24.6. The lowest BCUT2D eigenvalue weighted by Crippen LogP contribution is -1.92. The molecule has 3 nitrogen and oxygen atoms in total. The minimum absolute atomic E-state index is 0.0593. The highest BCUT2D eigenvalue weighted by Crippen LogP contribution is 2.21. The smallest absolute Gasteiger partial charge is 0.147 e. The van der Waals surface area contributed by atoms with Gasteiger partial charge in [0.05, 0.1) is 7.11 Å². The number of carbonyl (C=O) groups is 1. The number of methoxy groups -OCH3 is 1. The summed E-state index contributed by atoms with van der Waals surface area (Å²) in [6, 6.07) is 21.3. The molecule has 3 rings (SSSR count). The van der Waals surface area contributed by atoms with Crippen molar-refractivity contribution in [3.05, 3.63) is 89.0 Å². The number of nitriles is 1. The van der Waals surface area contributed by atoms with Gasteiger partial charge >= 0.3 is 0 Å². The summed E-state index contributed by atoms with van der Waals surface area (Å²) in [5.74, 6) is -1.76. The molecule has 0 aromatic heterocycles. The third-order valence-corrected chi connectivity index (χ3v) is 6.44. The van der Waals surface area contributed by atoms with Crippen molar-refractivity contribution in [2.24, 2.45) is 0 Å². The summed E-state index contributed by atoms with van der Waals surface area (Å²) in [6.07, 6.45) is 15.4. The van der Waals surface area contributed by atoms with Crippen LogP contribution in [0, 0.1) is 29.9 Å². The van der Waals surface area contributed by atoms with E-state index >= 15 is 0 Å². The van der Waals surface area contributed by atoms with Crippen molar-refractivity contribution < 1.29 is 18.3 Å². The maximum Gasteiger partial charge on any atom is 0.147 e. The maximum absolute atomic E-state index is 12.8. The minimum Gasteiger partial charge on any atom is -0.497 e. The highest BCUT2D eigenvalue weighted by molar-refractivity contribution is 5.63. The van der Waals surface area contributed by atoms with Crippen molar-refractivity contribution >= 4 is 6.29 Å². The molecule has 3 aromatic rings. The van der Waals surface area contributed by atoms with Gasteiger partial charge in [-0.2, -0.15) is 5.26 Å². The summed E-state index contributed by atoms with van der Waals surface area (Å²) in [5.41, 5.74) is 4.85.